The third-order valence-electron chi connectivity index (χ3n) is 2.94. The second-order valence-corrected chi connectivity index (χ2v) is 5.26. The molecule has 0 atom stereocenters. The van der Waals surface area contributed by atoms with Crippen LogP contribution < -0.4 is 5.32 Å². The molecule has 1 amide bonds. The highest BCUT2D eigenvalue weighted by molar-refractivity contribution is 9.10. The van der Waals surface area contributed by atoms with E-state index in [-0.39, 0.29) is 11.9 Å². The van der Waals surface area contributed by atoms with Crippen LogP contribution in [0, 0.1) is 0 Å². The second-order valence-electron chi connectivity index (χ2n) is 4.34. The largest absolute Gasteiger partial charge is 0.345 e. The summed E-state index contributed by atoms with van der Waals surface area (Å²) in [5.74, 6) is -0.0207. The molecular weight excluding hydrogens is 322 g/mol. The fourth-order valence-corrected chi connectivity index (χ4v) is 2.43. The molecule has 0 spiro atoms. The minimum atomic E-state index is -0.258. The van der Waals surface area contributed by atoms with E-state index >= 15 is 0 Å². The van der Waals surface area contributed by atoms with Crippen LogP contribution in [0.1, 0.15) is 35.7 Å². The number of rotatable bonds is 4. The Hall–Kier alpha value is -1.76. The van der Waals surface area contributed by atoms with Crippen molar-refractivity contribution in [2.75, 3.05) is 5.32 Å². The van der Waals surface area contributed by atoms with Gasteiger partial charge in [0.25, 0.3) is 5.91 Å². The third-order valence-corrected chi connectivity index (χ3v) is 3.37. The Morgan fingerprint density at radius 3 is 2.55 bits per heavy atom. The topological polar surface area (TPSA) is 72.7 Å². The van der Waals surface area contributed by atoms with Crippen molar-refractivity contribution in [3.05, 3.63) is 33.8 Å². The van der Waals surface area contributed by atoms with E-state index in [9.17, 15) is 4.79 Å². The molecule has 6 nitrogen and oxygen atoms in total. The summed E-state index contributed by atoms with van der Waals surface area (Å²) in [6.07, 6.45) is 3.35. The number of halogens is 1. The number of nitrogens with one attached hydrogen (secondary N) is 1. The predicted octanol–water partition coefficient (Wildman–Crippen LogP) is 2.35. The molecular formula is C13H16BrN5O. The second kappa shape index (κ2) is 6.13. The molecule has 0 aliphatic rings. The summed E-state index contributed by atoms with van der Waals surface area (Å²) >= 11 is 3.33. The van der Waals surface area contributed by atoms with Crippen LogP contribution in [0.2, 0.25) is 0 Å². The Balaban J connectivity index is 2.22. The summed E-state index contributed by atoms with van der Waals surface area (Å²) in [6, 6.07) is 1.74. The zero-order valence-corrected chi connectivity index (χ0v) is 13.2. The summed E-state index contributed by atoms with van der Waals surface area (Å²) in [4.78, 5) is 16.5. The van der Waals surface area contributed by atoms with Gasteiger partial charge < -0.3 is 4.57 Å². The quantitative estimate of drug-likeness (QED) is 0.929. The number of anilines is 1. The van der Waals surface area contributed by atoms with E-state index in [0.717, 1.165) is 28.7 Å². The molecule has 20 heavy (non-hydrogen) atoms. The molecule has 2 aromatic rings. The predicted molar refractivity (Wildman–Crippen MR) is 79.6 cm³/mol. The number of carbonyl (C=O) groups excluding carboxylic acids is 1. The lowest BCUT2D eigenvalue weighted by molar-refractivity contribution is 0.101. The Morgan fingerprint density at radius 2 is 2.00 bits per heavy atom. The van der Waals surface area contributed by atoms with Crippen LogP contribution in [0.3, 0.4) is 0 Å². The molecule has 0 bridgehead atoms. The molecule has 0 aliphatic carbocycles. The van der Waals surface area contributed by atoms with E-state index in [1.165, 1.54) is 0 Å². The lowest BCUT2D eigenvalue weighted by atomic mass is 10.2. The number of hydrogen-bond donors (Lipinski definition) is 1. The first-order chi connectivity index (χ1) is 9.55. The summed E-state index contributed by atoms with van der Waals surface area (Å²) < 4.78 is 2.58. The summed E-state index contributed by atoms with van der Waals surface area (Å²) in [5.41, 5.74) is 2.26. The van der Waals surface area contributed by atoms with Gasteiger partial charge in [-0.2, -0.15) is 0 Å². The van der Waals surface area contributed by atoms with E-state index < -0.39 is 0 Å². The van der Waals surface area contributed by atoms with Crippen LogP contribution in [0.5, 0.6) is 0 Å². The molecule has 0 radical (unpaired) electrons. The van der Waals surface area contributed by atoms with Gasteiger partial charge in [-0.05, 0) is 34.8 Å². The molecule has 0 unspecified atom stereocenters. The molecule has 0 aromatic carbocycles. The highest BCUT2D eigenvalue weighted by Crippen LogP contribution is 2.15. The van der Waals surface area contributed by atoms with Gasteiger partial charge in [0.2, 0.25) is 5.95 Å². The van der Waals surface area contributed by atoms with Gasteiger partial charge in [-0.3, -0.25) is 10.1 Å². The van der Waals surface area contributed by atoms with Crippen LogP contribution in [0.4, 0.5) is 5.95 Å². The van der Waals surface area contributed by atoms with Crippen molar-refractivity contribution in [1.29, 1.82) is 0 Å². The summed E-state index contributed by atoms with van der Waals surface area (Å²) in [7, 11) is 1.80. The maximum absolute atomic E-state index is 12.1. The Bertz CT molecular complexity index is 638. The van der Waals surface area contributed by atoms with Gasteiger partial charge in [-0.25, -0.2) is 4.98 Å². The van der Waals surface area contributed by atoms with Crippen molar-refractivity contribution in [2.45, 2.75) is 26.7 Å². The molecule has 0 saturated heterocycles. The number of hydrogen-bond acceptors (Lipinski definition) is 4. The SMILES string of the molecule is CCc1nnc(NC(=O)c2cc(Br)cn2C)nc1CC. The molecule has 0 aliphatic heterocycles. The van der Waals surface area contributed by atoms with Crippen molar-refractivity contribution in [2.24, 2.45) is 7.05 Å². The maximum atomic E-state index is 12.1. The van der Waals surface area contributed by atoms with Gasteiger partial charge in [0.1, 0.15) is 5.69 Å². The van der Waals surface area contributed by atoms with Crippen LogP contribution in [0.25, 0.3) is 0 Å². The molecule has 7 heteroatoms. The van der Waals surface area contributed by atoms with E-state index in [0.29, 0.717) is 5.69 Å². The minimum Gasteiger partial charge on any atom is -0.345 e. The first-order valence-electron chi connectivity index (χ1n) is 6.40. The standard InChI is InChI=1S/C13H16BrN5O/c1-4-9-10(5-2)17-18-13(15-9)16-12(20)11-6-8(14)7-19(11)3/h6-7H,4-5H2,1-3H3,(H,15,16,18,20). The number of amides is 1. The van der Waals surface area contributed by atoms with Crippen LogP contribution in [-0.4, -0.2) is 25.7 Å². The smallest absolute Gasteiger partial charge is 0.274 e. The van der Waals surface area contributed by atoms with E-state index in [1.54, 1.807) is 17.7 Å². The van der Waals surface area contributed by atoms with Crippen molar-refractivity contribution >= 4 is 27.8 Å². The molecule has 106 valence electrons. The summed E-state index contributed by atoms with van der Waals surface area (Å²) in [5, 5.41) is 10.7. The van der Waals surface area contributed by atoms with Gasteiger partial charge >= 0.3 is 0 Å². The lowest BCUT2D eigenvalue weighted by Crippen LogP contribution is -2.18. The highest BCUT2D eigenvalue weighted by Gasteiger charge is 2.14. The van der Waals surface area contributed by atoms with Crippen LogP contribution >= 0.6 is 15.9 Å². The highest BCUT2D eigenvalue weighted by atomic mass is 79.9. The number of aromatic nitrogens is 4. The third kappa shape index (κ3) is 3.04. The Morgan fingerprint density at radius 1 is 1.30 bits per heavy atom. The van der Waals surface area contributed by atoms with Gasteiger partial charge in [0.05, 0.1) is 11.4 Å². The van der Waals surface area contributed by atoms with E-state index in [1.807, 2.05) is 20.0 Å². The molecule has 2 aromatic heterocycles. The van der Waals surface area contributed by atoms with Crippen LogP contribution in [-0.2, 0) is 19.9 Å². The molecule has 0 saturated carbocycles. The maximum Gasteiger partial charge on any atom is 0.274 e. The van der Waals surface area contributed by atoms with Crippen molar-refractivity contribution in [3.8, 4) is 0 Å². The molecule has 1 N–H and O–H groups in total. The van der Waals surface area contributed by atoms with Crippen LogP contribution in [0.15, 0.2) is 16.7 Å². The normalized spacial score (nSPS) is 10.6. The number of nitrogens with zero attached hydrogens (tertiary/aromatic N) is 4. The Labute approximate surface area is 125 Å². The average molecular weight is 338 g/mol. The fraction of sp³-hybridized carbons (Fsp3) is 0.385. The lowest BCUT2D eigenvalue weighted by Gasteiger charge is -2.07. The first kappa shape index (κ1) is 14.6. The average Bonchev–Trinajstić information content (AvgIpc) is 2.77. The fourth-order valence-electron chi connectivity index (χ4n) is 1.91. The Kier molecular flexibility index (Phi) is 4.49. The molecule has 2 heterocycles. The van der Waals surface area contributed by atoms with Crippen molar-refractivity contribution in [3.63, 3.8) is 0 Å². The zero-order valence-electron chi connectivity index (χ0n) is 11.6. The van der Waals surface area contributed by atoms with E-state index in [4.69, 9.17) is 0 Å². The minimum absolute atomic E-state index is 0.237. The molecule has 0 fully saturated rings. The van der Waals surface area contributed by atoms with Gasteiger partial charge in [0.15, 0.2) is 0 Å². The van der Waals surface area contributed by atoms with Gasteiger partial charge in [-0.1, -0.05) is 13.8 Å². The summed E-state index contributed by atoms with van der Waals surface area (Å²) in [6.45, 7) is 4.01. The first-order valence-corrected chi connectivity index (χ1v) is 7.20. The van der Waals surface area contributed by atoms with Gasteiger partial charge in [-0.15, -0.1) is 10.2 Å². The van der Waals surface area contributed by atoms with Crippen molar-refractivity contribution < 1.29 is 4.79 Å². The number of aryl methyl sites for hydroxylation is 3. The zero-order chi connectivity index (χ0) is 14.7. The molecule has 2 rings (SSSR count). The van der Waals surface area contributed by atoms with Crippen molar-refractivity contribution in [1.82, 2.24) is 19.7 Å². The van der Waals surface area contributed by atoms with E-state index in [2.05, 4.69) is 36.4 Å². The van der Waals surface area contributed by atoms with Gasteiger partial charge in [0, 0.05) is 17.7 Å². The number of carbonyl (C=O) groups is 1. The monoisotopic (exact) mass is 337 g/mol.